The molecule has 0 saturated carbocycles. The molecule has 1 unspecified atom stereocenters. The monoisotopic (exact) mass is 349 g/mol. The zero-order chi connectivity index (χ0) is 16.0. The first-order valence-corrected chi connectivity index (χ1v) is 8.73. The predicted molar refractivity (Wildman–Crippen MR) is 94.6 cm³/mol. The van der Waals surface area contributed by atoms with Gasteiger partial charge in [-0.3, -0.25) is 4.79 Å². The predicted octanol–water partition coefficient (Wildman–Crippen LogP) is 3.59. The fraction of sp³-hybridized carbons (Fsp3) is 0.500. The van der Waals surface area contributed by atoms with Gasteiger partial charge in [0.1, 0.15) is 0 Å². The number of nitrogens with zero attached hydrogens (tertiary/aromatic N) is 1. The van der Waals surface area contributed by atoms with Crippen LogP contribution in [0.2, 0.25) is 10.0 Å². The number of nitrogen functional groups attached to an aromatic ring is 1. The molecule has 7 heteroatoms. The van der Waals surface area contributed by atoms with E-state index in [9.17, 15) is 4.79 Å². The minimum absolute atomic E-state index is 0.119. The van der Waals surface area contributed by atoms with E-state index < -0.39 is 0 Å². The summed E-state index contributed by atoms with van der Waals surface area (Å²) in [6.07, 6.45) is 2.45. The van der Waals surface area contributed by atoms with E-state index in [1.54, 1.807) is 23.9 Å². The molecule has 0 spiro atoms. The molecule has 0 fully saturated rings. The highest BCUT2D eigenvalue weighted by Crippen LogP contribution is 2.32. The molecule has 3 N–H and O–H groups in total. The average Bonchev–Trinajstić information content (AvgIpc) is 2.40. The van der Waals surface area contributed by atoms with Crippen molar-refractivity contribution in [2.75, 3.05) is 36.7 Å². The van der Waals surface area contributed by atoms with Crippen LogP contribution in [0.5, 0.6) is 0 Å². The molecule has 0 aromatic heterocycles. The van der Waals surface area contributed by atoms with Gasteiger partial charge >= 0.3 is 0 Å². The lowest BCUT2D eigenvalue weighted by atomic mass is 10.2. The molecule has 0 radical (unpaired) electrons. The summed E-state index contributed by atoms with van der Waals surface area (Å²) in [6, 6.07) is 3.56. The van der Waals surface area contributed by atoms with E-state index in [0.29, 0.717) is 40.4 Å². The molecule has 0 bridgehead atoms. The second-order valence-electron chi connectivity index (χ2n) is 4.94. The van der Waals surface area contributed by atoms with E-state index in [1.807, 2.05) is 7.05 Å². The second kappa shape index (κ2) is 8.73. The zero-order valence-electron chi connectivity index (χ0n) is 12.5. The molecule has 1 amide bonds. The summed E-state index contributed by atoms with van der Waals surface area (Å²) >= 11 is 13.9. The minimum Gasteiger partial charge on any atom is -0.399 e. The summed E-state index contributed by atoms with van der Waals surface area (Å²) in [6.45, 7) is 2.82. The van der Waals surface area contributed by atoms with Crippen LogP contribution in [0.4, 0.5) is 11.4 Å². The third kappa shape index (κ3) is 5.94. The quantitative estimate of drug-likeness (QED) is 0.738. The molecule has 118 valence electrons. The number of hydrogen-bond donors (Lipinski definition) is 2. The van der Waals surface area contributed by atoms with Crippen molar-refractivity contribution in [2.24, 2.45) is 0 Å². The number of halogens is 2. The van der Waals surface area contributed by atoms with Crippen molar-refractivity contribution in [2.45, 2.75) is 19.4 Å². The van der Waals surface area contributed by atoms with Gasteiger partial charge in [-0.05, 0) is 32.4 Å². The topological polar surface area (TPSA) is 58.4 Å². The highest BCUT2D eigenvalue weighted by Gasteiger charge is 2.13. The summed E-state index contributed by atoms with van der Waals surface area (Å²) in [4.78, 5) is 14.2. The Balaban J connectivity index is 2.55. The first-order chi connectivity index (χ1) is 9.85. The van der Waals surface area contributed by atoms with Crippen molar-refractivity contribution < 1.29 is 4.79 Å². The molecular weight excluding hydrogens is 329 g/mol. The minimum atomic E-state index is -0.119. The number of nitrogens with one attached hydrogen (secondary N) is 1. The van der Waals surface area contributed by atoms with E-state index in [-0.39, 0.29) is 5.91 Å². The van der Waals surface area contributed by atoms with Crippen LogP contribution in [0.25, 0.3) is 0 Å². The van der Waals surface area contributed by atoms with Crippen molar-refractivity contribution in [1.29, 1.82) is 0 Å². The Morgan fingerprint density at radius 2 is 2.00 bits per heavy atom. The molecule has 1 aromatic rings. The maximum atomic E-state index is 12.0. The number of benzene rings is 1. The normalized spacial score (nSPS) is 12.5. The third-order valence-electron chi connectivity index (χ3n) is 3.18. The Labute approximate surface area is 140 Å². The van der Waals surface area contributed by atoms with Crippen LogP contribution in [-0.2, 0) is 4.79 Å². The van der Waals surface area contributed by atoms with Crippen molar-refractivity contribution in [3.63, 3.8) is 0 Å². The van der Waals surface area contributed by atoms with Gasteiger partial charge in [-0.1, -0.05) is 23.2 Å². The molecule has 0 saturated heterocycles. The smallest absolute Gasteiger partial charge is 0.225 e. The fourth-order valence-electron chi connectivity index (χ4n) is 1.78. The third-order valence-corrected chi connectivity index (χ3v) is 4.59. The number of carbonyl (C=O) groups is 1. The number of nitrogens with two attached hydrogens (primary N) is 1. The van der Waals surface area contributed by atoms with E-state index in [0.717, 1.165) is 5.75 Å². The summed E-state index contributed by atoms with van der Waals surface area (Å²) in [5.41, 5.74) is 6.51. The Morgan fingerprint density at radius 3 is 2.52 bits per heavy atom. The van der Waals surface area contributed by atoms with Crippen molar-refractivity contribution in [1.82, 2.24) is 4.90 Å². The van der Waals surface area contributed by atoms with Gasteiger partial charge in [-0.15, -0.1) is 0 Å². The Bertz CT molecular complexity index is 476. The van der Waals surface area contributed by atoms with Gasteiger partial charge in [0.15, 0.2) is 0 Å². The molecule has 4 nitrogen and oxygen atoms in total. The van der Waals surface area contributed by atoms with Crippen molar-refractivity contribution in [3.8, 4) is 0 Å². The maximum Gasteiger partial charge on any atom is 0.225 e. The van der Waals surface area contributed by atoms with Gasteiger partial charge < -0.3 is 16.0 Å². The van der Waals surface area contributed by atoms with Crippen molar-refractivity contribution in [3.05, 3.63) is 22.2 Å². The largest absolute Gasteiger partial charge is 0.399 e. The van der Waals surface area contributed by atoms with Gasteiger partial charge in [-0.2, -0.15) is 11.8 Å². The van der Waals surface area contributed by atoms with E-state index in [1.165, 1.54) is 0 Å². The summed E-state index contributed by atoms with van der Waals surface area (Å²) < 4.78 is 0. The van der Waals surface area contributed by atoms with Gasteiger partial charge in [0.2, 0.25) is 5.91 Å². The highest BCUT2D eigenvalue weighted by molar-refractivity contribution is 7.98. The molecule has 0 aliphatic carbocycles. The van der Waals surface area contributed by atoms with Crippen LogP contribution < -0.4 is 11.1 Å². The SMILES string of the molecule is CSCC(C)N(C)CCC(=O)Nc1c(Cl)cc(N)cc1Cl. The Kier molecular flexibility index (Phi) is 7.66. The van der Waals surface area contributed by atoms with Crippen LogP contribution in [0.1, 0.15) is 13.3 Å². The molecule has 1 aromatic carbocycles. The molecule has 21 heavy (non-hydrogen) atoms. The molecule has 0 aliphatic heterocycles. The molecular formula is C14H21Cl2N3OS. The van der Waals surface area contributed by atoms with Crippen LogP contribution in [0.15, 0.2) is 12.1 Å². The van der Waals surface area contributed by atoms with Crippen LogP contribution >= 0.6 is 35.0 Å². The van der Waals surface area contributed by atoms with Gasteiger partial charge in [0, 0.05) is 30.4 Å². The molecule has 0 heterocycles. The van der Waals surface area contributed by atoms with Crippen LogP contribution in [0.3, 0.4) is 0 Å². The first-order valence-electron chi connectivity index (χ1n) is 6.58. The highest BCUT2D eigenvalue weighted by atomic mass is 35.5. The lowest BCUT2D eigenvalue weighted by molar-refractivity contribution is -0.116. The molecule has 0 aliphatic rings. The van der Waals surface area contributed by atoms with Gasteiger partial charge in [0.05, 0.1) is 15.7 Å². The van der Waals surface area contributed by atoms with E-state index >= 15 is 0 Å². The number of rotatable bonds is 7. The maximum absolute atomic E-state index is 12.0. The number of thioether (sulfide) groups is 1. The summed E-state index contributed by atoms with van der Waals surface area (Å²) in [7, 11) is 2.01. The summed E-state index contributed by atoms with van der Waals surface area (Å²) in [5.74, 6) is 0.917. The second-order valence-corrected chi connectivity index (χ2v) is 6.67. The summed E-state index contributed by atoms with van der Waals surface area (Å²) in [5, 5.41) is 3.43. The van der Waals surface area contributed by atoms with Crippen LogP contribution in [0, 0.1) is 0 Å². The van der Waals surface area contributed by atoms with E-state index in [2.05, 4.69) is 23.4 Å². The number of hydrogen-bond acceptors (Lipinski definition) is 4. The standard InChI is InChI=1S/C14H21Cl2N3OS/c1-9(8-21-3)19(2)5-4-13(20)18-14-11(15)6-10(17)7-12(14)16/h6-7,9H,4-5,8,17H2,1-3H3,(H,18,20). The lowest BCUT2D eigenvalue weighted by Crippen LogP contribution is -2.33. The zero-order valence-corrected chi connectivity index (χ0v) is 14.8. The first kappa shape index (κ1) is 18.4. The van der Waals surface area contributed by atoms with Gasteiger partial charge in [0.25, 0.3) is 0 Å². The van der Waals surface area contributed by atoms with Crippen LogP contribution in [-0.4, -0.2) is 42.4 Å². The number of carbonyl (C=O) groups excluding carboxylic acids is 1. The van der Waals surface area contributed by atoms with E-state index in [4.69, 9.17) is 28.9 Å². The van der Waals surface area contributed by atoms with Crippen molar-refractivity contribution >= 4 is 52.2 Å². The number of amides is 1. The average molecular weight is 350 g/mol. The number of anilines is 2. The molecule has 1 atom stereocenters. The Morgan fingerprint density at radius 1 is 1.43 bits per heavy atom. The Hall–Kier alpha value is -0.620. The van der Waals surface area contributed by atoms with Gasteiger partial charge in [-0.25, -0.2) is 0 Å². The lowest BCUT2D eigenvalue weighted by Gasteiger charge is -2.23. The fourth-order valence-corrected chi connectivity index (χ4v) is 3.12. The molecule has 1 rings (SSSR count).